The Hall–Kier alpha value is -2.58. The lowest BCUT2D eigenvalue weighted by Crippen LogP contribution is -2.35. The number of methoxy groups -OCH3 is 2. The minimum atomic E-state index is -0.357. The van der Waals surface area contributed by atoms with Gasteiger partial charge in [0.2, 0.25) is 0 Å². The van der Waals surface area contributed by atoms with Gasteiger partial charge in [0.05, 0.1) is 55.0 Å². The van der Waals surface area contributed by atoms with Crippen LogP contribution in [0.5, 0.6) is 5.75 Å². The predicted octanol–water partition coefficient (Wildman–Crippen LogP) is 4.59. The quantitative estimate of drug-likeness (QED) is 0.566. The molecule has 0 radical (unpaired) electrons. The number of halogens is 1. The number of aryl methyl sites for hydroxylation is 2. The van der Waals surface area contributed by atoms with E-state index in [1.165, 1.54) is 7.11 Å². The number of rotatable bonds is 9. The summed E-state index contributed by atoms with van der Waals surface area (Å²) in [5.41, 5.74) is 3.27. The number of ether oxygens (including phenoxy) is 3. The lowest BCUT2D eigenvalue weighted by Gasteiger charge is -2.22. The van der Waals surface area contributed by atoms with Crippen LogP contribution in [0.15, 0.2) is 18.2 Å². The molecule has 1 aromatic heterocycles. The molecule has 2 atom stereocenters. The Kier molecular flexibility index (Phi) is 8.74. The lowest BCUT2D eigenvalue weighted by atomic mass is 10.1. The number of anilines is 1. The largest absolute Gasteiger partial charge is 0.497 e. The standard InChI is InChI=1S/C24H33ClN4O4/c1-6-11-33-21-14-29(24(30)32-5)13-20(21)28-23-19(8-3)26-22(18(7-2)27-23)16-10-9-15(31-4)12-17(16)25/h9-10,12,20-21H,6-8,11,13-14H2,1-5H3,(H,27,28). The number of nitrogens with one attached hydrogen (secondary N) is 1. The summed E-state index contributed by atoms with van der Waals surface area (Å²) >= 11 is 6.54. The Bertz CT molecular complexity index is 972. The fourth-order valence-corrected chi connectivity index (χ4v) is 4.21. The van der Waals surface area contributed by atoms with E-state index in [1.54, 1.807) is 18.1 Å². The maximum Gasteiger partial charge on any atom is 0.409 e. The van der Waals surface area contributed by atoms with Crippen molar-refractivity contribution in [3.8, 4) is 17.0 Å². The molecule has 180 valence electrons. The van der Waals surface area contributed by atoms with Gasteiger partial charge in [-0.05, 0) is 37.5 Å². The summed E-state index contributed by atoms with van der Waals surface area (Å²) in [6.45, 7) is 7.72. The van der Waals surface area contributed by atoms with Crippen LogP contribution in [0, 0.1) is 0 Å². The van der Waals surface area contributed by atoms with Crippen molar-refractivity contribution in [2.75, 3.05) is 39.2 Å². The normalized spacial score (nSPS) is 17.8. The first-order valence-electron chi connectivity index (χ1n) is 11.4. The van der Waals surface area contributed by atoms with Gasteiger partial charge in [0, 0.05) is 18.7 Å². The minimum Gasteiger partial charge on any atom is -0.497 e. The summed E-state index contributed by atoms with van der Waals surface area (Å²) in [6, 6.07) is 5.45. The topological polar surface area (TPSA) is 85.8 Å². The van der Waals surface area contributed by atoms with Crippen molar-refractivity contribution in [2.24, 2.45) is 0 Å². The van der Waals surface area contributed by atoms with Gasteiger partial charge in [0.25, 0.3) is 0 Å². The van der Waals surface area contributed by atoms with Gasteiger partial charge in [0.15, 0.2) is 0 Å². The number of carbonyl (C=O) groups excluding carboxylic acids is 1. The van der Waals surface area contributed by atoms with Crippen molar-refractivity contribution in [1.29, 1.82) is 0 Å². The molecule has 1 saturated heterocycles. The summed E-state index contributed by atoms with van der Waals surface area (Å²) in [6.07, 6.45) is 1.77. The van der Waals surface area contributed by atoms with Gasteiger partial charge in [0.1, 0.15) is 11.6 Å². The van der Waals surface area contributed by atoms with Crippen LogP contribution in [0.2, 0.25) is 5.02 Å². The van der Waals surface area contributed by atoms with Crippen molar-refractivity contribution in [3.63, 3.8) is 0 Å². The first-order valence-corrected chi connectivity index (χ1v) is 11.8. The van der Waals surface area contributed by atoms with Crippen LogP contribution in [0.3, 0.4) is 0 Å². The monoisotopic (exact) mass is 476 g/mol. The van der Waals surface area contributed by atoms with Gasteiger partial charge in [-0.25, -0.2) is 14.8 Å². The number of nitrogens with zero attached hydrogens (tertiary/aromatic N) is 3. The van der Waals surface area contributed by atoms with Gasteiger partial charge in [-0.15, -0.1) is 0 Å². The van der Waals surface area contributed by atoms with E-state index in [0.717, 1.165) is 29.1 Å². The van der Waals surface area contributed by atoms with E-state index in [9.17, 15) is 4.79 Å². The maximum atomic E-state index is 12.1. The molecule has 1 amide bonds. The van der Waals surface area contributed by atoms with E-state index in [1.807, 2.05) is 26.0 Å². The van der Waals surface area contributed by atoms with Crippen LogP contribution >= 0.6 is 11.6 Å². The molecule has 1 aliphatic rings. The highest BCUT2D eigenvalue weighted by molar-refractivity contribution is 6.33. The molecule has 0 spiro atoms. The molecule has 0 aliphatic carbocycles. The maximum absolute atomic E-state index is 12.1. The smallest absolute Gasteiger partial charge is 0.409 e. The zero-order chi connectivity index (χ0) is 24.0. The van der Waals surface area contributed by atoms with Crippen LogP contribution < -0.4 is 10.1 Å². The van der Waals surface area contributed by atoms with Gasteiger partial charge in [-0.1, -0.05) is 32.4 Å². The molecule has 8 nitrogen and oxygen atoms in total. The Labute approximate surface area is 200 Å². The SMILES string of the molecule is CCCOC1CN(C(=O)OC)CC1Nc1nc(CC)c(-c2ccc(OC)cc2Cl)nc1CC. The molecule has 0 bridgehead atoms. The van der Waals surface area contributed by atoms with Crippen molar-refractivity contribution < 1.29 is 19.0 Å². The average molecular weight is 477 g/mol. The first-order chi connectivity index (χ1) is 15.9. The molecule has 3 rings (SSSR count). The molecule has 1 aromatic carbocycles. The predicted molar refractivity (Wildman–Crippen MR) is 129 cm³/mol. The highest BCUT2D eigenvalue weighted by Crippen LogP contribution is 2.33. The average Bonchev–Trinajstić information content (AvgIpc) is 3.24. The molecule has 2 heterocycles. The second-order valence-electron chi connectivity index (χ2n) is 7.90. The fourth-order valence-electron chi connectivity index (χ4n) is 3.95. The van der Waals surface area contributed by atoms with Gasteiger partial charge in [-0.3, -0.25) is 0 Å². The Balaban J connectivity index is 1.93. The number of hydrogen-bond acceptors (Lipinski definition) is 7. The third-order valence-corrected chi connectivity index (χ3v) is 6.01. The molecule has 1 N–H and O–H groups in total. The summed E-state index contributed by atoms with van der Waals surface area (Å²) in [5.74, 6) is 1.41. The molecule has 1 aliphatic heterocycles. The zero-order valence-corrected chi connectivity index (χ0v) is 20.7. The minimum absolute atomic E-state index is 0.115. The van der Waals surface area contributed by atoms with Crippen LogP contribution in [0.4, 0.5) is 10.6 Å². The highest BCUT2D eigenvalue weighted by atomic mass is 35.5. The second-order valence-corrected chi connectivity index (χ2v) is 8.31. The third-order valence-electron chi connectivity index (χ3n) is 5.70. The van der Waals surface area contributed by atoms with E-state index in [4.69, 9.17) is 35.8 Å². The number of carbonyl (C=O) groups is 1. The highest BCUT2D eigenvalue weighted by Gasteiger charge is 2.37. The molecular formula is C24H33ClN4O4. The Morgan fingerprint density at radius 3 is 2.52 bits per heavy atom. The number of amides is 1. The number of likely N-dealkylation sites (tertiary alicyclic amines) is 1. The number of benzene rings is 1. The van der Waals surface area contributed by atoms with E-state index in [-0.39, 0.29) is 18.2 Å². The number of aromatic nitrogens is 2. The Morgan fingerprint density at radius 1 is 1.15 bits per heavy atom. The Morgan fingerprint density at radius 2 is 1.91 bits per heavy atom. The van der Waals surface area contributed by atoms with E-state index in [0.29, 0.717) is 49.1 Å². The molecule has 9 heteroatoms. The summed E-state index contributed by atoms with van der Waals surface area (Å²) in [5, 5.41) is 4.08. The molecular weight excluding hydrogens is 444 g/mol. The first kappa shape index (κ1) is 25.1. The van der Waals surface area contributed by atoms with Crippen LogP contribution in [-0.2, 0) is 22.3 Å². The lowest BCUT2D eigenvalue weighted by molar-refractivity contribution is 0.0529. The van der Waals surface area contributed by atoms with E-state index < -0.39 is 0 Å². The number of hydrogen-bond donors (Lipinski definition) is 1. The molecule has 33 heavy (non-hydrogen) atoms. The summed E-state index contributed by atoms with van der Waals surface area (Å²) in [4.78, 5) is 23.6. The molecule has 2 unspecified atom stereocenters. The molecule has 2 aromatic rings. The zero-order valence-electron chi connectivity index (χ0n) is 20.0. The van der Waals surface area contributed by atoms with E-state index in [2.05, 4.69) is 12.2 Å². The van der Waals surface area contributed by atoms with Crippen LogP contribution in [-0.4, -0.2) is 67.0 Å². The van der Waals surface area contributed by atoms with Crippen LogP contribution in [0.1, 0.15) is 38.6 Å². The second kappa shape index (κ2) is 11.5. The third kappa shape index (κ3) is 5.68. The summed E-state index contributed by atoms with van der Waals surface area (Å²) < 4.78 is 16.2. The molecule has 1 fully saturated rings. The fraction of sp³-hybridized carbons (Fsp3) is 0.542. The summed E-state index contributed by atoms with van der Waals surface area (Å²) in [7, 11) is 3.00. The van der Waals surface area contributed by atoms with E-state index >= 15 is 0 Å². The molecule has 0 saturated carbocycles. The van der Waals surface area contributed by atoms with Gasteiger partial charge >= 0.3 is 6.09 Å². The van der Waals surface area contributed by atoms with Crippen molar-refractivity contribution >= 4 is 23.5 Å². The van der Waals surface area contributed by atoms with Crippen molar-refractivity contribution in [2.45, 2.75) is 52.2 Å². The van der Waals surface area contributed by atoms with Crippen molar-refractivity contribution in [1.82, 2.24) is 14.9 Å². The van der Waals surface area contributed by atoms with Crippen molar-refractivity contribution in [3.05, 3.63) is 34.6 Å². The van der Waals surface area contributed by atoms with Crippen LogP contribution in [0.25, 0.3) is 11.3 Å². The van der Waals surface area contributed by atoms with Gasteiger partial charge < -0.3 is 24.4 Å². The van der Waals surface area contributed by atoms with Gasteiger partial charge in [-0.2, -0.15) is 0 Å².